The van der Waals surface area contributed by atoms with Gasteiger partial charge >= 0.3 is 0 Å². The molecule has 1 N–H and O–H groups in total. The fourth-order valence-corrected chi connectivity index (χ4v) is 4.54. The first-order valence-corrected chi connectivity index (χ1v) is 9.73. The second kappa shape index (κ2) is 7.72. The number of nitrogens with one attached hydrogen (secondary N) is 1. The van der Waals surface area contributed by atoms with Gasteiger partial charge in [0.2, 0.25) is 10.0 Å². The average Bonchev–Trinajstić information content (AvgIpc) is 2.48. The number of hydrogen-bond donors (Lipinski definition) is 1. The minimum atomic E-state index is -3.39. The number of halogens is 1. The molecule has 0 unspecified atom stereocenters. The Kier molecular flexibility index (Phi) is 6.22. The highest BCUT2D eigenvalue weighted by atomic mass is 79.9. The number of sulfonamides is 1. The summed E-state index contributed by atoms with van der Waals surface area (Å²) in [5.74, 6) is 0.461. The largest absolute Gasteiger partial charge is 0.317 e. The number of piperidine rings is 1. The summed E-state index contributed by atoms with van der Waals surface area (Å²) in [5, 5.41) is 3.32. The highest BCUT2D eigenvalue weighted by Crippen LogP contribution is 2.22. The zero-order valence-corrected chi connectivity index (χ0v) is 14.8. The van der Waals surface area contributed by atoms with E-state index < -0.39 is 10.0 Å². The second-order valence-electron chi connectivity index (χ2n) is 5.51. The first-order valence-electron chi connectivity index (χ1n) is 7.50. The Bertz CT molecular complexity index is 539. The minimum Gasteiger partial charge on any atom is -0.317 e. The van der Waals surface area contributed by atoms with E-state index in [1.165, 1.54) is 0 Å². The van der Waals surface area contributed by atoms with Crippen molar-refractivity contribution in [3.63, 3.8) is 0 Å². The third-order valence-corrected chi connectivity index (χ3v) is 6.25. The van der Waals surface area contributed by atoms with Crippen LogP contribution in [0.1, 0.15) is 26.2 Å². The fourth-order valence-electron chi connectivity index (χ4n) is 2.67. The molecule has 1 saturated heterocycles. The average molecular weight is 375 g/mol. The minimum absolute atomic E-state index is 0.382. The first-order chi connectivity index (χ1) is 10.0. The number of benzene rings is 1. The van der Waals surface area contributed by atoms with Crippen molar-refractivity contribution in [1.29, 1.82) is 0 Å². The molecule has 0 radical (unpaired) electrons. The third kappa shape index (κ3) is 4.52. The molecule has 0 atom stereocenters. The van der Waals surface area contributed by atoms with Gasteiger partial charge in [-0.05, 0) is 62.5 Å². The van der Waals surface area contributed by atoms with Gasteiger partial charge < -0.3 is 5.32 Å². The van der Waals surface area contributed by atoms with Gasteiger partial charge in [-0.3, -0.25) is 0 Å². The highest BCUT2D eigenvalue weighted by molar-refractivity contribution is 9.10. The Morgan fingerprint density at radius 3 is 2.43 bits per heavy atom. The molecule has 1 aliphatic rings. The summed E-state index contributed by atoms with van der Waals surface area (Å²) in [5.41, 5.74) is 0. The lowest BCUT2D eigenvalue weighted by Gasteiger charge is -2.29. The maximum Gasteiger partial charge on any atom is 0.243 e. The smallest absolute Gasteiger partial charge is 0.243 e. The lowest BCUT2D eigenvalue weighted by Crippen LogP contribution is -2.39. The van der Waals surface area contributed by atoms with Crippen LogP contribution in [0.15, 0.2) is 33.6 Å². The van der Waals surface area contributed by atoms with Crippen molar-refractivity contribution in [2.24, 2.45) is 5.92 Å². The maximum atomic E-state index is 12.8. The van der Waals surface area contributed by atoms with Gasteiger partial charge in [-0.2, -0.15) is 4.31 Å². The molecule has 0 saturated carbocycles. The summed E-state index contributed by atoms with van der Waals surface area (Å²) in [6.45, 7) is 5.22. The van der Waals surface area contributed by atoms with Crippen molar-refractivity contribution in [1.82, 2.24) is 9.62 Å². The summed E-state index contributed by atoms with van der Waals surface area (Å²) in [6.07, 6.45) is 2.94. The SMILES string of the molecule is CCCN(CC1CCNCC1)S(=O)(=O)c1ccc(Br)cc1. The van der Waals surface area contributed by atoms with Crippen LogP contribution in [0.2, 0.25) is 0 Å². The van der Waals surface area contributed by atoms with E-state index in [0.717, 1.165) is 36.8 Å². The molecule has 0 bridgehead atoms. The van der Waals surface area contributed by atoms with Crippen molar-refractivity contribution >= 4 is 26.0 Å². The number of hydrogen-bond acceptors (Lipinski definition) is 3. The van der Waals surface area contributed by atoms with Gasteiger partial charge in [0.15, 0.2) is 0 Å². The van der Waals surface area contributed by atoms with Crippen LogP contribution in [-0.2, 0) is 10.0 Å². The summed E-state index contributed by atoms with van der Waals surface area (Å²) in [6, 6.07) is 6.90. The van der Waals surface area contributed by atoms with Crippen LogP contribution in [0.5, 0.6) is 0 Å². The Labute approximate surface area is 136 Å². The van der Waals surface area contributed by atoms with Crippen molar-refractivity contribution in [2.75, 3.05) is 26.2 Å². The molecule has 0 aromatic heterocycles. The third-order valence-electron chi connectivity index (χ3n) is 3.84. The molecule has 4 nitrogen and oxygen atoms in total. The van der Waals surface area contributed by atoms with Crippen molar-refractivity contribution in [3.8, 4) is 0 Å². The maximum absolute atomic E-state index is 12.8. The highest BCUT2D eigenvalue weighted by Gasteiger charge is 2.27. The van der Waals surface area contributed by atoms with Crippen LogP contribution in [0.25, 0.3) is 0 Å². The fraction of sp³-hybridized carbons (Fsp3) is 0.600. The van der Waals surface area contributed by atoms with Gasteiger partial charge in [0, 0.05) is 17.6 Å². The van der Waals surface area contributed by atoms with E-state index in [1.807, 2.05) is 6.92 Å². The van der Waals surface area contributed by atoms with Gasteiger partial charge in [0.25, 0.3) is 0 Å². The second-order valence-corrected chi connectivity index (χ2v) is 8.36. The molecule has 0 amide bonds. The van der Waals surface area contributed by atoms with E-state index in [9.17, 15) is 8.42 Å². The summed E-state index contributed by atoms with van der Waals surface area (Å²) in [4.78, 5) is 0.382. The van der Waals surface area contributed by atoms with Crippen molar-refractivity contribution in [3.05, 3.63) is 28.7 Å². The monoisotopic (exact) mass is 374 g/mol. The molecular weight excluding hydrogens is 352 g/mol. The lowest BCUT2D eigenvalue weighted by molar-refractivity contribution is 0.288. The standard InChI is InChI=1S/C15H23BrN2O2S/c1-2-11-18(12-13-7-9-17-10-8-13)21(19,20)15-5-3-14(16)4-6-15/h3-6,13,17H,2,7-12H2,1H3. The van der Waals surface area contributed by atoms with Crippen LogP contribution in [0.4, 0.5) is 0 Å². The lowest BCUT2D eigenvalue weighted by atomic mass is 9.98. The normalized spacial score (nSPS) is 17.3. The van der Waals surface area contributed by atoms with Crippen molar-refractivity contribution in [2.45, 2.75) is 31.1 Å². The van der Waals surface area contributed by atoms with Crippen LogP contribution in [0, 0.1) is 5.92 Å². The molecule has 1 fully saturated rings. The molecule has 1 aromatic carbocycles. The Balaban J connectivity index is 2.16. The predicted molar refractivity (Wildman–Crippen MR) is 88.8 cm³/mol. The zero-order chi connectivity index (χ0) is 15.3. The van der Waals surface area contributed by atoms with Crippen LogP contribution >= 0.6 is 15.9 Å². The van der Waals surface area contributed by atoms with Gasteiger partial charge in [0.05, 0.1) is 4.90 Å². The first kappa shape index (κ1) is 16.9. The molecule has 2 rings (SSSR count). The Hall–Kier alpha value is -0.430. The molecule has 6 heteroatoms. The Morgan fingerprint density at radius 1 is 1.24 bits per heavy atom. The van der Waals surface area contributed by atoms with E-state index in [0.29, 0.717) is 23.9 Å². The van der Waals surface area contributed by atoms with Crippen LogP contribution in [0.3, 0.4) is 0 Å². The Morgan fingerprint density at radius 2 is 1.86 bits per heavy atom. The van der Waals surface area contributed by atoms with Crippen molar-refractivity contribution < 1.29 is 8.42 Å². The van der Waals surface area contributed by atoms with E-state index in [-0.39, 0.29) is 0 Å². The molecule has 1 heterocycles. The molecule has 21 heavy (non-hydrogen) atoms. The van der Waals surface area contributed by atoms with E-state index in [1.54, 1.807) is 28.6 Å². The predicted octanol–water partition coefficient (Wildman–Crippen LogP) is 2.85. The van der Waals surface area contributed by atoms with Crippen LogP contribution in [-0.4, -0.2) is 38.9 Å². The van der Waals surface area contributed by atoms with E-state index >= 15 is 0 Å². The number of nitrogens with zero attached hydrogens (tertiary/aromatic N) is 1. The molecule has 0 aliphatic carbocycles. The zero-order valence-electron chi connectivity index (χ0n) is 12.4. The summed E-state index contributed by atoms with van der Waals surface area (Å²) < 4.78 is 28.2. The van der Waals surface area contributed by atoms with Gasteiger partial charge in [-0.15, -0.1) is 0 Å². The molecule has 118 valence electrons. The van der Waals surface area contributed by atoms with Gasteiger partial charge in [-0.1, -0.05) is 22.9 Å². The van der Waals surface area contributed by atoms with E-state index in [2.05, 4.69) is 21.2 Å². The molecule has 1 aliphatic heterocycles. The van der Waals surface area contributed by atoms with Gasteiger partial charge in [0.1, 0.15) is 0 Å². The summed E-state index contributed by atoms with van der Waals surface area (Å²) in [7, 11) is -3.39. The van der Waals surface area contributed by atoms with Gasteiger partial charge in [-0.25, -0.2) is 8.42 Å². The number of rotatable bonds is 6. The van der Waals surface area contributed by atoms with E-state index in [4.69, 9.17) is 0 Å². The molecule has 1 aromatic rings. The quantitative estimate of drug-likeness (QED) is 0.832. The summed E-state index contributed by atoms with van der Waals surface area (Å²) >= 11 is 3.34. The molecular formula is C15H23BrN2O2S. The van der Waals surface area contributed by atoms with Crippen LogP contribution < -0.4 is 5.32 Å². The topological polar surface area (TPSA) is 49.4 Å². The molecule has 0 spiro atoms.